The highest BCUT2D eigenvalue weighted by Crippen LogP contribution is 2.30. The average Bonchev–Trinajstić information content (AvgIpc) is 3.46. The van der Waals surface area contributed by atoms with Gasteiger partial charge in [0.25, 0.3) is 0 Å². The van der Waals surface area contributed by atoms with Crippen molar-refractivity contribution in [2.45, 2.75) is 26.1 Å². The number of piperazine rings is 1. The number of benzene rings is 1. The Hall–Kier alpha value is -3.52. The van der Waals surface area contributed by atoms with E-state index in [1.165, 1.54) is 22.4 Å². The van der Waals surface area contributed by atoms with Gasteiger partial charge in [0.1, 0.15) is 5.82 Å². The van der Waals surface area contributed by atoms with Crippen molar-refractivity contribution in [1.82, 2.24) is 34.4 Å². The smallest absolute Gasteiger partial charge is 0.147 e. The lowest BCUT2D eigenvalue weighted by Gasteiger charge is -2.42. The van der Waals surface area contributed by atoms with Crippen molar-refractivity contribution in [2.24, 2.45) is 7.05 Å². The van der Waals surface area contributed by atoms with Crippen LogP contribution in [-0.4, -0.2) is 54.1 Å². The maximum atomic E-state index is 4.53. The maximum Gasteiger partial charge on any atom is 0.147 e. The minimum atomic E-state index is 0.254. The molecule has 1 aliphatic heterocycles. The van der Waals surface area contributed by atoms with E-state index in [2.05, 4.69) is 61.2 Å². The van der Waals surface area contributed by atoms with Crippen molar-refractivity contribution < 1.29 is 0 Å². The van der Waals surface area contributed by atoms with Gasteiger partial charge in [-0.1, -0.05) is 24.3 Å². The summed E-state index contributed by atoms with van der Waals surface area (Å²) in [6.07, 6.45) is 11.1. The first-order chi connectivity index (χ1) is 15.7. The molecule has 1 aliphatic rings. The molecule has 0 aliphatic carbocycles. The van der Waals surface area contributed by atoms with Crippen LogP contribution in [0.15, 0.2) is 67.5 Å². The molecule has 0 N–H and O–H groups in total. The zero-order chi connectivity index (χ0) is 21.9. The van der Waals surface area contributed by atoms with E-state index in [4.69, 9.17) is 0 Å². The Bertz CT molecular complexity index is 1130. The summed E-state index contributed by atoms with van der Waals surface area (Å²) in [5.41, 5.74) is 5.05. The Balaban J connectivity index is 1.40. The van der Waals surface area contributed by atoms with Gasteiger partial charge < -0.3 is 4.90 Å². The lowest BCUT2D eigenvalue weighted by molar-refractivity contribution is 0.168. The molecular weight excluding hydrogens is 400 g/mol. The van der Waals surface area contributed by atoms with Crippen molar-refractivity contribution in [3.05, 3.63) is 89.9 Å². The van der Waals surface area contributed by atoms with Crippen LogP contribution in [0.1, 0.15) is 28.4 Å². The van der Waals surface area contributed by atoms with E-state index in [0.717, 1.165) is 38.5 Å². The summed E-state index contributed by atoms with van der Waals surface area (Å²) in [5, 5.41) is 8.76. The van der Waals surface area contributed by atoms with Crippen LogP contribution in [0.3, 0.4) is 0 Å². The zero-order valence-electron chi connectivity index (χ0n) is 18.5. The maximum absolute atomic E-state index is 4.53. The fourth-order valence-electron chi connectivity index (χ4n) is 4.33. The van der Waals surface area contributed by atoms with Gasteiger partial charge in [-0.25, -0.2) is 4.98 Å². The van der Waals surface area contributed by atoms with Crippen molar-refractivity contribution in [2.75, 3.05) is 24.5 Å². The normalized spacial score (nSPS) is 17.1. The zero-order valence-corrected chi connectivity index (χ0v) is 18.5. The molecule has 8 heteroatoms. The fourth-order valence-corrected chi connectivity index (χ4v) is 4.33. The molecule has 1 atom stereocenters. The van der Waals surface area contributed by atoms with Crippen LogP contribution in [0.25, 0.3) is 0 Å². The van der Waals surface area contributed by atoms with Gasteiger partial charge >= 0.3 is 0 Å². The van der Waals surface area contributed by atoms with Gasteiger partial charge in [-0.3, -0.25) is 19.2 Å². The van der Waals surface area contributed by atoms with Crippen LogP contribution in [0, 0.1) is 6.92 Å². The lowest BCUT2D eigenvalue weighted by Crippen LogP contribution is -2.48. The molecule has 0 radical (unpaired) electrons. The summed E-state index contributed by atoms with van der Waals surface area (Å²) in [6, 6.07) is 11.1. The Morgan fingerprint density at radius 3 is 2.53 bits per heavy atom. The number of nitrogens with zero attached hydrogens (tertiary/aromatic N) is 8. The highest BCUT2D eigenvalue weighted by atomic mass is 15.3. The lowest BCUT2D eigenvalue weighted by atomic mass is 10.00. The van der Waals surface area contributed by atoms with Crippen LogP contribution < -0.4 is 4.90 Å². The highest BCUT2D eigenvalue weighted by Gasteiger charge is 2.29. The third kappa shape index (κ3) is 4.27. The van der Waals surface area contributed by atoms with Crippen LogP contribution in [0.2, 0.25) is 0 Å². The molecule has 164 valence electrons. The third-order valence-electron chi connectivity index (χ3n) is 6.34. The molecule has 1 unspecified atom stereocenters. The third-order valence-corrected chi connectivity index (χ3v) is 6.34. The molecule has 32 heavy (non-hydrogen) atoms. The number of anilines is 1. The van der Waals surface area contributed by atoms with Gasteiger partial charge in [0.05, 0.1) is 25.0 Å². The molecule has 4 heterocycles. The molecule has 0 saturated carbocycles. The minimum Gasteiger partial charge on any atom is -0.352 e. The van der Waals surface area contributed by atoms with Crippen molar-refractivity contribution in [3.63, 3.8) is 0 Å². The standard InChI is InChI=1S/C24H28N8/c1-19-22(14-28-29(19)2)17-30-12-13-31(24-15-25-9-10-26-24)18-23(30)21-6-4-20(5-7-21)16-32-11-3-8-27-32/h3-11,14-15,23H,12-13,16-18H2,1-2H3. The molecule has 5 rings (SSSR count). The largest absolute Gasteiger partial charge is 0.352 e. The first kappa shape index (κ1) is 20.4. The summed E-state index contributed by atoms with van der Waals surface area (Å²) in [6.45, 7) is 6.54. The van der Waals surface area contributed by atoms with E-state index in [1.54, 1.807) is 12.4 Å². The first-order valence-electron chi connectivity index (χ1n) is 11.0. The quantitative estimate of drug-likeness (QED) is 0.470. The Labute approximate surface area is 188 Å². The molecule has 8 nitrogen and oxygen atoms in total. The van der Waals surface area contributed by atoms with Crippen molar-refractivity contribution >= 4 is 5.82 Å². The van der Waals surface area contributed by atoms with Gasteiger partial charge in [0.15, 0.2) is 0 Å². The summed E-state index contributed by atoms with van der Waals surface area (Å²) in [7, 11) is 2.00. The number of rotatable bonds is 6. The van der Waals surface area contributed by atoms with Crippen LogP contribution in [-0.2, 0) is 20.1 Å². The van der Waals surface area contributed by atoms with Crippen molar-refractivity contribution in [1.29, 1.82) is 0 Å². The topological polar surface area (TPSA) is 67.9 Å². The van der Waals surface area contributed by atoms with E-state index < -0.39 is 0 Å². The van der Waals surface area contributed by atoms with E-state index in [0.29, 0.717) is 0 Å². The molecular formula is C24H28N8. The summed E-state index contributed by atoms with van der Waals surface area (Å²) in [4.78, 5) is 13.7. The van der Waals surface area contributed by atoms with Crippen LogP contribution >= 0.6 is 0 Å². The predicted octanol–water partition coefficient (Wildman–Crippen LogP) is 2.83. The fraction of sp³-hybridized carbons (Fsp3) is 0.333. The Kier molecular flexibility index (Phi) is 5.68. The molecule has 0 amide bonds. The Morgan fingerprint density at radius 1 is 0.969 bits per heavy atom. The highest BCUT2D eigenvalue weighted by molar-refractivity contribution is 5.38. The van der Waals surface area contributed by atoms with E-state index in [9.17, 15) is 0 Å². The second-order valence-electron chi connectivity index (χ2n) is 8.32. The molecule has 3 aromatic heterocycles. The second-order valence-corrected chi connectivity index (χ2v) is 8.32. The number of hydrogen-bond donors (Lipinski definition) is 0. The number of aromatic nitrogens is 6. The first-order valence-corrected chi connectivity index (χ1v) is 11.0. The van der Waals surface area contributed by atoms with Gasteiger partial charge in [0.2, 0.25) is 0 Å². The van der Waals surface area contributed by atoms with Crippen molar-refractivity contribution in [3.8, 4) is 0 Å². The average molecular weight is 429 g/mol. The van der Waals surface area contributed by atoms with Gasteiger partial charge in [-0.2, -0.15) is 10.2 Å². The van der Waals surface area contributed by atoms with Crippen LogP contribution in [0.4, 0.5) is 5.82 Å². The van der Waals surface area contributed by atoms with E-state index in [1.807, 2.05) is 47.3 Å². The van der Waals surface area contributed by atoms with E-state index >= 15 is 0 Å². The van der Waals surface area contributed by atoms with E-state index in [-0.39, 0.29) is 6.04 Å². The van der Waals surface area contributed by atoms with Gasteiger partial charge in [-0.05, 0) is 24.1 Å². The predicted molar refractivity (Wildman–Crippen MR) is 123 cm³/mol. The molecule has 0 bridgehead atoms. The summed E-state index contributed by atoms with van der Waals surface area (Å²) >= 11 is 0. The second kappa shape index (κ2) is 8.92. The minimum absolute atomic E-state index is 0.254. The van der Waals surface area contributed by atoms with Gasteiger partial charge in [0, 0.05) is 69.3 Å². The monoisotopic (exact) mass is 428 g/mol. The molecule has 0 spiro atoms. The Morgan fingerprint density at radius 2 is 1.84 bits per heavy atom. The molecule has 4 aromatic rings. The number of hydrogen-bond acceptors (Lipinski definition) is 6. The molecule has 1 aromatic carbocycles. The molecule has 1 fully saturated rings. The summed E-state index contributed by atoms with van der Waals surface area (Å²) in [5.74, 6) is 0.935. The molecule has 1 saturated heterocycles. The SMILES string of the molecule is Cc1c(CN2CCN(c3cnccn3)CC2c2ccc(Cn3cccn3)cc2)cnn1C. The number of aryl methyl sites for hydroxylation is 1. The summed E-state index contributed by atoms with van der Waals surface area (Å²) < 4.78 is 3.90. The van der Waals surface area contributed by atoms with Crippen LogP contribution in [0.5, 0.6) is 0 Å². The van der Waals surface area contributed by atoms with Gasteiger partial charge in [-0.15, -0.1) is 0 Å².